The molecule has 0 fully saturated rings. The Morgan fingerprint density at radius 2 is 1.81 bits per heavy atom. The summed E-state index contributed by atoms with van der Waals surface area (Å²) in [5, 5.41) is 3.41. The highest BCUT2D eigenvalue weighted by Crippen LogP contribution is 2.30. The Labute approximate surface area is 135 Å². The zero-order valence-electron chi connectivity index (χ0n) is 13.0. The first-order valence-electron chi connectivity index (χ1n) is 7.21. The van der Waals surface area contributed by atoms with Crippen LogP contribution in [0.1, 0.15) is 36.6 Å². The Hall–Kier alpha value is -1.32. The summed E-state index contributed by atoms with van der Waals surface area (Å²) in [4.78, 5) is 0. The van der Waals surface area contributed by atoms with Crippen molar-refractivity contribution in [3.8, 4) is 5.75 Å². The van der Waals surface area contributed by atoms with Gasteiger partial charge < -0.3 is 10.1 Å². The van der Waals surface area contributed by atoms with Crippen LogP contribution < -0.4 is 10.1 Å². The van der Waals surface area contributed by atoms with Crippen LogP contribution >= 0.6 is 15.9 Å². The maximum absolute atomic E-state index is 5.80. The molecule has 2 aromatic rings. The summed E-state index contributed by atoms with van der Waals surface area (Å²) in [5.41, 5.74) is 3.73. The molecular formula is C18H22BrNO. The molecule has 0 aromatic heterocycles. The smallest absolute Gasteiger partial charge is 0.120 e. The van der Waals surface area contributed by atoms with Crippen LogP contribution in [0.2, 0.25) is 0 Å². The number of rotatable bonds is 5. The fourth-order valence-electron chi connectivity index (χ4n) is 2.48. The lowest BCUT2D eigenvalue weighted by Crippen LogP contribution is -2.19. The largest absolute Gasteiger partial charge is 0.491 e. The lowest BCUT2D eigenvalue weighted by Gasteiger charge is -2.21. The maximum atomic E-state index is 5.80. The second-order valence-corrected chi connectivity index (χ2v) is 6.27. The summed E-state index contributed by atoms with van der Waals surface area (Å²) >= 11 is 3.61. The van der Waals surface area contributed by atoms with Gasteiger partial charge in [-0.15, -0.1) is 0 Å². The van der Waals surface area contributed by atoms with Crippen LogP contribution in [0.4, 0.5) is 0 Å². The predicted molar refractivity (Wildman–Crippen MR) is 92.0 cm³/mol. The van der Waals surface area contributed by atoms with Gasteiger partial charge in [-0.3, -0.25) is 0 Å². The number of hydrogen-bond acceptors (Lipinski definition) is 2. The highest BCUT2D eigenvalue weighted by Gasteiger charge is 2.16. The molecule has 0 aliphatic rings. The molecule has 1 unspecified atom stereocenters. The standard InChI is InChI=1S/C18H22BrNO/c1-12(2)21-15-8-5-7-14(11-15)18(20-4)16-9-6-10-17(19)13(16)3/h5-12,18,20H,1-4H3. The van der Waals surface area contributed by atoms with E-state index < -0.39 is 0 Å². The molecule has 0 heterocycles. The van der Waals surface area contributed by atoms with Gasteiger partial charge in [-0.05, 0) is 62.7 Å². The van der Waals surface area contributed by atoms with Crippen LogP contribution in [0, 0.1) is 6.92 Å². The van der Waals surface area contributed by atoms with E-state index in [1.54, 1.807) is 0 Å². The normalized spacial score (nSPS) is 12.5. The zero-order chi connectivity index (χ0) is 15.4. The first-order chi connectivity index (χ1) is 10.0. The summed E-state index contributed by atoms with van der Waals surface area (Å²) in [5.74, 6) is 0.912. The van der Waals surface area contributed by atoms with E-state index in [1.807, 2.05) is 33.0 Å². The van der Waals surface area contributed by atoms with Gasteiger partial charge in [-0.1, -0.05) is 40.2 Å². The van der Waals surface area contributed by atoms with Crippen LogP contribution in [-0.2, 0) is 0 Å². The molecule has 0 spiro atoms. The molecular weight excluding hydrogens is 326 g/mol. The minimum atomic E-state index is 0.151. The van der Waals surface area contributed by atoms with Gasteiger partial charge >= 0.3 is 0 Å². The maximum Gasteiger partial charge on any atom is 0.120 e. The Morgan fingerprint density at radius 3 is 2.48 bits per heavy atom. The Kier molecular flexibility index (Phi) is 5.43. The van der Waals surface area contributed by atoms with Crippen LogP contribution in [-0.4, -0.2) is 13.2 Å². The number of hydrogen-bond donors (Lipinski definition) is 1. The second kappa shape index (κ2) is 7.10. The van der Waals surface area contributed by atoms with Gasteiger partial charge in [0.15, 0.2) is 0 Å². The molecule has 2 rings (SSSR count). The average Bonchev–Trinajstić information content (AvgIpc) is 2.44. The topological polar surface area (TPSA) is 21.3 Å². The van der Waals surface area contributed by atoms with E-state index in [9.17, 15) is 0 Å². The molecule has 0 aliphatic heterocycles. The zero-order valence-corrected chi connectivity index (χ0v) is 14.6. The Bertz CT molecular complexity index is 610. The van der Waals surface area contributed by atoms with Crippen LogP contribution in [0.15, 0.2) is 46.9 Å². The summed E-state index contributed by atoms with van der Waals surface area (Å²) in [6, 6.07) is 14.8. The fourth-order valence-corrected chi connectivity index (χ4v) is 2.86. The van der Waals surface area contributed by atoms with Gasteiger partial charge in [0.2, 0.25) is 0 Å². The van der Waals surface area contributed by atoms with E-state index in [1.165, 1.54) is 16.7 Å². The third kappa shape index (κ3) is 3.86. The summed E-state index contributed by atoms with van der Waals surface area (Å²) in [6.07, 6.45) is 0.181. The molecule has 3 heteroatoms. The van der Waals surface area contributed by atoms with Crippen molar-refractivity contribution in [3.05, 3.63) is 63.6 Å². The Balaban J connectivity index is 2.39. The van der Waals surface area contributed by atoms with E-state index in [-0.39, 0.29) is 12.1 Å². The van der Waals surface area contributed by atoms with E-state index in [0.29, 0.717) is 0 Å². The quantitative estimate of drug-likeness (QED) is 0.834. The first kappa shape index (κ1) is 16.1. The van der Waals surface area contributed by atoms with Crippen LogP contribution in [0.25, 0.3) is 0 Å². The van der Waals surface area contributed by atoms with Crippen molar-refractivity contribution in [2.45, 2.75) is 32.9 Å². The highest BCUT2D eigenvalue weighted by atomic mass is 79.9. The minimum Gasteiger partial charge on any atom is -0.491 e. The van der Waals surface area contributed by atoms with E-state index in [0.717, 1.165) is 10.2 Å². The minimum absolute atomic E-state index is 0.151. The van der Waals surface area contributed by atoms with Gasteiger partial charge in [-0.25, -0.2) is 0 Å². The van der Waals surface area contributed by atoms with Crippen molar-refractivity contribution < 1.29 is 4.74 Å². The Morgan fingerprint density at radius 1 is 1.10 bits per heavy atom. The van der Waals surface area contributed by atoms with Crippen molar-refractivity contribution in [1.29, 1.82) is 0 Å². The SMILES string of the molecule is CNC(c1cccc(OC(C)C)c1)c1cccc(Br)c1C. The lowest BCUT2D eigenvalue weighted by atomic mass is 9.95. The molecule has 0 bridgehead atoms. The lowest BCUT2D eigenvalue weighted by molar-refractivity contribution is 0.242. The monoisotopic (exact) mass is 347 g/mol. The molecule has 1 N–H and O–H groups in total. The van der Waals surface area contributed by atoms with Gasteiger partial charge in [-0.2, -0.15) is 0 Å². The summed E-state index contributed by atoms with van der Waals surface area (Å²) < 4.78 is 6.94. The average molecular weight is 348 g/mol. The number of nitrogens with one attached hydrogen (secondary N) is 1. The molecule has 0 aliphatic carbocycles. The third-order valence-corrected chi connectivity index (χ3v) is 4.33. The molecule has 2 aromatic carbocycles. The second-order valence-electron chi connectivity index (χ2n) is 5.41. The molecule has 0 saturated carbocycles. The van der Waals surface area contributed by atoms with Gasteiger partial charge in [0.05, 0.1) is 12.1 Å². The van der Waals surface area contributed by atoms with Crippen molar-refractivity contribution in [1.82, 2.24) is 5.32 Å². The molecule has 1 atom stereocenters. The number of ether oxygens (including phenoxy) is 1. The number of benzene rings is 2. The van der Waals surface area contributed by atoms with Gasteiger partial charge in [0, 0.05) is 4.47 Å². The highest BCUT2D eigenvalue weighted by molar-refractivity contribution is 9.10. The molecule has 0 amide bonds. The van der Waals surface area contributed by atoms with Crippen molar-refractivity contribution in [2.24, 2.45) is 0 Å². The van der Waals surface area contributed by atoms with Crippen molar-refractivity contribution >= 4 is 15.9 Å². The predicted octanol–water partition coefficient (Wildman–Crippen LogP) is 4.85. The van der Waals surface area contributed by atoms with Crippen LogP contribution in [0.3, 0.4) is 0 Å². The first-order valence-corrected chi connectivity index (χ1v) is 8.01. The molecule has 21 heavy (non-hydrogen) atoms. The number of halogens is 1. The summed E-state index contributed by atoms with van der Waals surface area (Å²) in [7, 11) is 1.99. The molecule has 0 radical (unpaired) electrons. The summed E-state index contributed by atoms with van der Waals surface area (Å²) in [6.45, 7) is 6.22. The van der Waals surface area contributed by atoms with Gasteiger partial charge in [0.1, 0.15) is 5.75 Å². The molecule has 0 saturated heterocycles. The van der Waals surface area contributed by atoms with Crippen molar-refractivity contribution in [2.75, 3.05) is 7.05 Å². The molecule has 112 valence electrons. The van der Waals surface area contributed by atoms with Crippen LogP contribution in [0.5, 0.6) is 5.75 Å². The fraction of sp³-hybridized carbons (Fsp3) is 0.333. The van der Waals surface area contributed by atoms with E-state index in [4.69, 9.17) is 4.74 Å². The van der Waals surface area contributed by atoms with Gasteiger partial charge in [0.25, 0.3) is 0 Å². The molecule has 2 nitrogen and oxygen atoms in total. The third-order valence-electron chi connectivity index (χ3n) is 3.47. The van der Waals surface area contributed by atoms with Crippen molar-refractivity contribution in [3.63, 3.8) is 0 Å². The van der Waals surface area contributed by atoms with E-state index in [2.05, 4.69) is 58.5 Å². The van der Waals surface area contributed by atoms with E-state index >= 15 is 0 Å².